The van der Waals surface area contributed by atoms with Gasteiger partial charge in [0.2, 0.25) is 11.4 Å². The molecule has 0 aliphatic heterocycles. The fourth-order valence-corrected chi connectivity index (χ4v) is 5.15. The van der Waals surface area contributed by atoms with E-state index in [9.17, 15) is 69.1 Å². The summed E-state index contributed by atoms with van der Waals surface area (Å²) < 4.78 is 165. The van der Waals surface area contributed by atoms with E-state index in [2.05, 4.69) is 132 Å². The maximum atomic E-state index is 9.75. The fourth-order valence-electron chi connectivity index (χ4n) is 5.15. The van der Waals surface area contributed by atoms with Crippen LogP contribution in [-0.2, 0) is 27.2 Å². The van der Waals surface area contributed by atoms with E-state index in [1.807, 2.05) is 0 Å². The number of hydrogen-bond donors (Lipinski definition) is 0. The molecule has 4 rings (SSSR count). The van der Waals surface area contributed by atoms with Crippen LogP contribution in [0.1, 0.15) is 65.2 Å². The summed E-state index contributed by atoms with van der Waals surface area (Å²) in [4.78, 5) is 0. The molecular weight excluding hydrogens is 812 g/mol. The Labute approximate surface area is 328 Å². The van der Waals surface area contributed by atoms with Gasteiger partial charge in [-0.15, -0.1) is 0 Å². The van der Waals surface area contributed by atoms with Gasteiger partial charge in [-0.3, -0.25) is 0 Å². The van der Waals surface area contributed by atoms with Crippen molar-refractivity contribution < 1.29 is 87.3 Å². The maximum Gasteiger partial charge on any atom is 0.673 e. The number of aryl methyl sites for hydroxylation is 4. The Bertz CT molecular complexity index is 1550. The minimum absolute atomic E-state index is 1.10. The molecule has 0 amide bonds. The highest BCUT2D eigenvalue weighted by atomic mass is 19.5. The summed E-state index contributed by atoms with van der Waals surface area (Å²) >= 11 is 0. The van der Waals surface area contributed by atoms with Crippen molar-refractivity contribution in [1.82, 2.24) is 0 Å². The number of aromatic nitrogens is 4. The quantitative estimate of drug-likeness (QED) is 0.0551. The summed E-state index contributed by atoms with van der Waals surface area (Å²) in [5.41, 5.74) is 7.38. The summed E-state index contributed by atoms with van der Waals surface area (Å²) in [5.74, 6) is 0. The second kappa shape index (κ2) is 26.0. The van der Waals surface area contributed by atoms with Crippen LogP contribution in [0.5, 0.6) is 0 Å². The van der Waals surface area contributed by atoms with Crippen LogP contribution in [-0.4, -0.2) is 29.0 Å². The van der Waals surface area contributed by atoms with Crippen molar-refractivity contribution in [3.05, 3.63) is 85.7 Å². The van der Waals surface area contributed by atoms with Gasteiger partial charge in [-0.25, -0.2) is 18.3 Å². The second-order valence-electron chi connectivity index (χ2n) is 12.6. The first-order valence-corrected chi connectivity index (χ1v) is 18.1. The summed E-state index contributed by atoms with van der Waals surface area (Å²) in [7, 11) is -19.7. The molecule has 4 nitrogen and oxygen atoms in total. The van der Waals surface area contributed by atoms with Crippen molar-refractivity contribution in [2.75, 3.05) is 0 Å². The van der Waals surface area contributed by atoms with Crippen molar-refractivity contribution >= 4 is 29.0 Å². The Morgan fingerprint density at radius 1 is 0.362 bits per heavy atom. The zero-order valence-corrected chi connectivity index (χ0v) is 32.3. The van der Waals surface area contributed by atoms with Crippen LogP contribution in [0.3, 0.4) is 0 Å². The number of rotatable bonds is 13. The Hall–Kier alpha value is -4.26. The summed E-state index contributed by atoms with van der Waals surface area (Å²) in [5, 5.41) is 0. The van der Waals surface area contributed by atoms with Gasteiger partial charge in [0.05, 0.1) is 22.3 Å². The predicted octanol–water partition coefficient (Wildman–Crippen LogP) is 11.3. The van der Waals surface area contributed by atoms with Crippen LogP contribution in [0.25, 0.3) is 33.6 Å². The molecule has 326 valence electrons. The molecule has 0 saturated carbocycles. The number of halogens is 16. The van der Waals surface area contributed by atoms with Gasteiger partial charge >= 0.3 is 29.0 Å². The van der Waals surface area contributed by atoms with E-state index in [1.54, 1.807) is 0 Å². The molecule has 4 aromatic rings. The predicted molar refractivity (Wildman–Crippen MR) is 195 cm³/mol. The van der Waals surface area contributed by atoms with Crippen molar-refractivity contribution in [1.29, 1.82) is 0 Å². The third-order valence-corrected chi connectivity index (χ3v) is 7.51. The number of unbranched alkanes of at least 4 members (excludes halogenated alkanes) is 6. The highest BCUT2D eigenvalue weighted by Crippen LogP contribution is 2.22. The molecule has 0 aliphatic carbocycles. The van der Waals surface area contributed by atoms with E-state index in [4.69, 9.17) is 0 Å². The normalized spacial score (nSPS) is 11.4. The minimum Gasteiger partial charge on any atom is -0.418 e. The standard InChI is InChI=1S/C34H46N4.4BF4/c1-5-7-9-11-21-37-23-17-29(18-24-37)33-15-13-31(27-35(33)3)32-14-16-34(36(4)28-32)30-19-25-38(26-20-30)22-12-10-8-6-2;4*2-1(3,4)5/h13-20,23-28H,5-12,21-22H2,1-4H3;;;;/q+4;4*-1. The van der Waals surface area contributed by atoms with Gasteiger partial charge in [-0.1, -0.05) is 39.5 Å². The van der Waals surface area contributed by atoms with Gasteiger partial charge in [-0.2, -0.15) is 0 Å². The van der Waals surface area contributed by atoms with Crippen LogP contribution in [0, 0.1) is 0 Å². The fraction of sp³-hybridized carbons (Fsp3) is 0.412. The van der Waals surface area contributed by atoms with Crippen molar-refractivity contribution in [3.63, 3.8) is 0 Å². The largest absolute Gasteiger partial charge is 0.673 e. The van der Waals surface area contributed by atoms with Gasteiger partial charge in [0, 0.05) is 49.2 Å². The molecule has 0 spiro atoms. The Morgan fingerprint density at radius 2 is 0.621 bits per heavy atom. The molecule has 0 radical (unpaired) electrons. The summed E-state index contributed by atoms with van der Waals surface area (Å²) in [6.07, 6.45) is 23.7. The van der Waals surface area contributed by atoms with E-state index >= 15 is 0 Å². The van der Waals surface area contributed by atoms with Crippen LogP contribution in [0.2, 0.25) is 0 Å². The highest BCUT2D eigenvalue weighted by molar-refractivity contribution is 6.51. The van der Waals surface area contributed by atoms with E-state index < -0.39 is 29.0 Å². The lowest BCUT2D eigenvalue weighted by Crippen LogP contribution is -2.34. The molecular formula is C34H46B4F16N4. The number of hydrogen-bond acceptors (Lipinski definition) is 0. The van der Waals surface area contributed by atoms with Crippen LogP contribution < -0.4 is 18.3 Å². The number of pyridine rings is 4. The van der Waals surface area contributed by atoms with Crippen molar-refractivity contribution in [3.8, 4) is 33.6 Å². The smallest absolute Gasteiger partial charge is 0.418 e. The summed E-state index contributed by atoms with van der Waals surface area (Å²) in [6, 6.07) is 17.9. The van der Waals surface area contributed by atoms with Crippen molar-refractivity contribution in [2.24, 2.45) is 14.1 Å². The van der Waals surface area contributed by atoms with E-state index in [1.165, 1.54) is 85.0 Å². The molecule has 0 unspecified atom stereocenters. The average Bonchev–Trinajstić information content (AvgIpc) is 3.06. The first-order chi connectivity index (χ1) is 26.6. The van der Waals surface area contributed by atoms with Gasteiger partial charge in [0.25, 0.3) is 0 Å². The zero-order chi connectivity index (χ0) is 44.7. The van der Waals surface area contributed by atoms with Gasteiger partial charge in [-0.05, 0) is 25.0 Å². The monoisotopic (exact) mass is 858 g/mol. The third kappa shape index (κ3) is 30.8. The minimum atomic E-state index is -6.00. The van der Waals surface area contributed by atoms with Gasteiger partial charge < -0.3 is 69.1 Å². The molecule has 0 atom stereocenters. The van der Waals surface area contributed by atoms with Gasteiger partial charge in [0.15, 0.2) is 37.2 Å². The lowest BCUT2D eigenvalue weighted by molar-refractivity contribution is -0.697. The first-order valence-electron chi connectivity index (χ1n) is 18.1. The van der Waals surface area contributed by atoms with Crippen molar-refractivity contribution in [2.45, 2.75) is 78.3 Å². The zero-order valence-electron chi connectivity index (χ0n) is 32.3. The highest BCUT2D eigenvalue weighted by Gasteiger charge is 2.22. The topological polar surface area (TPSA) is 15.5 Å². The maximum absolute atomic E-state index is 9.75. The Kier molecular flexibility index (Phi) is 24.1. The lowest BCUT2D eigenvalue weighted by Gasteiger charge is -2.05. The van der Waals surface area contributed by atoms with E-state index in [0.29, 0.717) is 0 Å². The molecule has 0 N–H and O–H groups in total. The molecule has 4 heterocycles. The van der Waals surface area contributed by atoms with Crippen LogP contribution in [0.4, 0.5) is 69.1 Å². The average molecular weight is 858 g/mol. The van der Waals surface area contributed by atoms with Gasteiger partial charge in [0.1, 0.15) is 27.2 Å². The number of nitrogens with zero attached hydrogens (tertiary/aromatic N) is 4. The Balaban J connectivity index is 0.00000134. The molecule has 24 heteroatoms. The molecule has 0 saturated heterocycles. The van der Waals surface area contributed by atoms with Crippen LogP contribution >= 0.6 is 0 Å². The molecule has 4 aromatic heterocycles. The van der Waals surface area contributed by atoms with Crippen LogP contribution in [0.15, 0.2) is 85.7 Å². The molecule has 0 bridgehead atoms. The van der Waals surface area contributed by atoms with E-state index in [-0.39, 0.29) is 0 Å². The SMILES string of the molecule is CCCCCC[n+]1ccc(-c2ccc(-c3ccc(-c4cc[n+](CCCCCC)cc4)[n+](C)c3)c[n+]2C)cc1.F[B-](F)(F)F.F[B-](F)(F)F.F[B-](F)(F)F.F[B-](F)(F)F. The molecule has 0 aromatic carbocycles. The third-order valence-electron chi connectivity index (χ3n) is 7.51. The molecule has 0 aliphatic rings. The summed E-state index contributed by atoms with van der Waals surface area (Å²) in [6.45, 7) is 6.72. The molecule has 58 heavy (non-hydrogen) atoms. The lowest BCUT2D eigenvalue weighted by atomic mass is 10.1. The van der Waals surface area contributed by atoms with E-state index in [0.717, 1.165) is 13.1 Å². The Morgan fingerprint density at radius 3 is 0.845 bits per heavy atom. The second-order valence-corrected chi connectivity index (χ2v) is 12.6. The molecule has 0 fully saturated rings. The first kappa shape index (κ1) is 53.7.